The second-order valence-corrected chi connectivity index (χ2v) is 5.21. The Labute approximate surface area is 115 Å². The van der Waals surface area contributed by atoms with Crippen LogP contribution < -0.4 is 4.90 Å². The molecule has 2 aromatic rings. The summed E-state index contributed by atoms with van der Waals surface area (Å²) < 4.78 is 11.4. The lowest BCUT2D eigenvalue weighted by Crippen LogP contribution is -2.27. The van der Waals surface area contributed by atoms with Gasteiger partial charge in [-0.3, -0.25) is 9.88 Å². The number of ether oxygens (including phenoxy) is 1. The molecule has 0 bridgehead atoms. The van der Waals surface area contributed by atoms with Crippen LogP contribution >= 0.6 is 11.3 Å². The Hall–Kier alpha value is -1.82. The summed E-state index contributed by atoms with van der Waals surface area (Å²) in [4.78, 5) is 11.1. The molecule has 6 heteroatoms. The standard InChI is InChI=1S/C13H15N3O2S/c1-2-3-4-12-16(13-6-14-8-17-13)7-10(18-12)11-5-15-9-19-11/h5-9,12H,2-4H2,1H3. The van der Waals surface area contributed by atoms with Crippen LogP contribution in [0, 0.1) is 0 Å². The van der Waals surface area contributed by atoms with Crippen molar-refractivity contribution in [3.63, 3.8) is 0 Å². The monoisotopic (exact) mass is 277 g/mol. The van der Waals surface area contributed by atoms with Crippen molar-refractivity contribution in [2.45, 2.75) is 32.4 Å². The van der Waals surface area contributed by atoms with Crippen molar-refractivity contribution in [2.75, 3.05) is 4.90 Å². The van der Waals surface area contributed by atoms with Gasteiger partial charge in [0.2, 0.25) is 5.88 Å². The smallest absolute Gasteiger partial charge is 0.223 e. The van der Waals surface area contributed by atoms with Crippen molar-refractivity contribution in [1.82, 2.24) is 9.97 Å². The number of unbranched alkanes of at least 4 members (excludes halogenated alkanes) is 1. The lowest BCUT2D eigenvalue weighted by molar-refractivity contribution is 0.175. The van der Waals surface area contributed by atoms with Crippen LogP contribution in [-0.2, 0) is 4.74 Å². The SMILES string of the molecule is CCCCC1OC(c2cncs2)=CN1c1cnco1. The molecule has 0 saturated heterocycles. The first kappa shape index (κ1) is 12.2. The molecule has 1 aliphatic rings. The Morgan fingerprint density at radius 2 is 2.32 bits per heavy atom. The van der Waals surface area contributed by atoms with Gasteiger partial charge in [0.05, 0.1) is 22.8 Å². The van der Waals surface area contributed by atoms with Gasteiger partial charge in [-0.15, -0.1) is 11.3 Å². The van der Waals surface area contributed by atoms with Crippen molar-refractivity contribution in [2.24, 2.45) is 0 Å². The maximum Gasteiger partial charge on any atom is 0.223 e. The minimum absolute atomic E-state index is 0.0231. The van der Waals surface area contributed by atoms with Crippen LogP contribution in [0.2, 0.25) is 0 Å². The number of anilines is 1. The second-order valence-electron chi connectivity index (χ2n) is 4.32. The third-order valence-electron chi connectivity index (χ3n) is 2.98. The molecule has 1 unspecified atom stereocenters. The van der Waals surface area contributed by atoms with E-state index < -0.39 is 0 Å². The number of hydrogen-bond donors (Lipinski definition) is 0. The molecule has 0 fully saturated rings. The number of aromatic nitrogens is 2. The zero-order valence-corrected chi connectivity index (χ0v) is 11.5. The van der Waals surface area contributed by atoms with E-state index in [9.17, 15) is 0 Å². The Bertz CT molecular complexity index is 536. The van der Waals surface area contributed by atoms with Gasteiger partial charge in [0.15, 0.2) is 18.4 Å². The lowest BCUT2D eigenvalue weighted by atomic mass is 10.2. The van der Waals surface area contributed by atoms with Gasteiger partial charge in [0.25, 0.3) is 0 Å². The van der Waals surface area contributed by atoms with Crippen molar-refractivity contribution < 1.29 is 9.15 Å². The van der Waals surface area contributed by atoms with Crippen molar-refractivity contribution >= 4 is 23.0 Å². The van der Waals surface area contributed by atoms with Gasteiger partial charge in [-0.2, -0.15) is 0 Å². The first-order valence-electron chi connectivity index (χ1n) is 6.32. The topological polar surface area (TPSA) is 51.4 Å². The zero-order chi connectivity index (χ0) is 13.1. The van der Waals surface area contributed by atoms with E-state index in [1.165, 1.54) is 6.39 Å². The van der Waals surface area contributed by atoms with Crippen LogP contribution in [0.15, 0.2) is 34.9 Å². The van der Waals surface area contributed by atoms with Gasteiger partial charge in [-0.1, -0.05) is 13.3 Å². The molecule has 0 radical (unpaired) electrons. The van der Waals surface area contributed by atoms with E-state index >= 15 is 0 Å². The largest absolute Gasteiger partial charge is 0.467 e. The lowest BCUT2D eigenvalue weighted by Gasteiger charge is -2.21. The van der Waals surface area contributed by atoms with E-state index in [-0.39, 0.29) is 6.23 Å². The highest BCUT2D eigenvalue weighted by atomic mass is 32.1. The number of rotatable bonds is 5. The third-order valence-corrected chi connectivity index (χ3v) is 3.77. The maximum atomic E-state index is 6.01. The second kappa shape index (κ2) is 5.44. The molecule has 0 spiro atoms. The highest BCUT2D eigenvalue weighted by molar-refractivity contribution is 7.10. The fourth-order valence-corrected chi connectivity index (χ4v) is 2.60. The molecule has 0 saturated carbocycles. The third kappa shape index (κ3) is 2.49. The van der Waals surface area contributed by atoms with E-state index in [4.69, 9.17) is 9.15 Å². The average Bonchev–Trinajstić information content (AvgIpc) is 3.14. The summed E-state index contributed by atoms with van der Waals surface area (Å²) in [5.74, 6) is 1.56. The fourth-order valence-electron chi connectivity index (χ4n) is 2.02. The molecule has 2 aromatic heterocycles. The van der Waals surface area contributed by atoms with Crippen LogP contribution in [0.5, 0.6) is 0 Å². The van der Waals surface area contributed by atoms with Crippen LogP contribution in [-0.4, -0.2) is 16.2 Å². The van der Waals surface area contributed by atoms with Gasteiger partial charge in [0, 0.05) is 12.6 Å². The highest BCUT2D eigenvalue weighted by Crippen LogP contribution is 2.34. The molecule has 19 heavy (non-hydrogen) atoms. The normalized spacial score (nSPS) is 18.5. The van der Waals surface area contributed by atoms with Crippen LogP contribution in [0.1, 0.15) is 31.1 Å². The molecular formula is C13H15N3O2S. The van der Waals surface area contributed by atoms with Gasteiger partial charge < -0.3 is 9.15 Å². The quantitative estimate of drug-likeness (QED) is 0.837. The summed E-state index contributed by atoms with van der Waals surface area (Å²) in [6, 6.07) is 0. The van der Waals surface area contributed by atoms with E-state index in [1.807, 2.05) is 17.3 Å². The summed E-state index contributed by atoms with van der Waals surface area (Å²) in [6.45, 7) is 2.17. The summed E-state index contributed by atoms with van der Waals surface area (Å²) in [6.07, 6.45) is 10.1. The first-order valence-corrected chi connectivity index (χ1v) is 7.20. The first-order chi connectivity index (χ1) is 9.38. The van der Waals surface area contributed by atoms with Gasteiger partial charge in [-0.05, 0) is 6.42 Å². The van der Waals surface area contributed by atoms with Crippen LogP contribution in [0.3, 0.4) is 0 Å². The highest BCUT2D eigenvalue weighted by Gasteiger charge is 2.29. The Balaban J connectivity index is 1.83. The summed E-state index contributed by atoms with van der Waals surface area (Å²) >= 11 is 1.57. The number of thiazole rings is 1. The number of hydrogen-bond acceptors (Lipinski definition) is 6. The molecule has 3 rings (SSSR count). The Kier molecular flexibility index (Phi) is 3.50. The minimum atomic E-state index is -0.0231. The van der Waals surface area contributed by atoms with Crippen molar-refractivity contribution in [3.8, 4) is 0 Å². The molecule has 3 heterocycles. The molecule has 0 amide bonds. The van der Waals surface area contributed by atoms with Gasteiger partial charge in [0.1, 0.15) is 0 Å². The van der Waals surface area contributed by atoms with E-state index in [2.05, 4.69) is 16.9 Å². The fraction of sp³-hybridized carbons (Fsp3) is 0.385. The number of oxazole rings is 1. The van der Waals surface area contributed by atoms with E-state index in [0.717, 1.165) is 29.9 Å². The molecule has 1 atom stereocenters. The molecule has 100 valence electrons. The maximum absolute atomic E-state index is 6.01. The van der Waals surface area contributed by atoms with Crippen LogP contribution in [0.4, 0.5) is 5.88 Å². The predicted octanol–water partition coefficient (Wildman–Crippen LogP) is 3.48. The van der Waals surface area contributed by atoms with E-state index in [0.29, 0.717) is 5.88 Å². The predicted molar refractivity (Wildman–Crippen MR) is 73.5 cm³/mol. The molecule has 0 aliphatic carbocycles. The summed E-state index contributed by atoms with van der Waals surface area (Å²) in [7, 11) is 0. The summed E-state index contributed by atoms with van der Waals surface area (Å²) in [5.41, 5.74) is 1.80. The molecule has 0 aromatic carbocycles. The Morgan fingerprint density at radius 3 is 3.00 bits per heavy atom. The zero-order valence-electron chi connectivity index (χ0n) is 10.7. The molecule has 0 N–H and O–H groups in total. The minimum Gasteiger partial charge on any atom is -0.467 e. The summed E-state index contributed by atoms with van der Waals surface area (Å²) in [5, 5.41) is 0. The molecular weight excluding hydrogens is 262 g/mol. The Morgan fingerprint density at radius 1 is 1.37 bits per heavy atom. The van der Waals surface area contributed by atoms with Gasteiger partial charge in [-0.25, -0.2) is 4.98 Å². The number of nitrogens with zero attached hydrogens (tertiary/aromatic N) is 3. The van der Waals surface area contributed by atoms with E-state index in [1.54, 1.807) is 23.0 Å². The van der Waals surface area contributed by atoms with Gasteiger partial charge >= 0.3 is 0 Å². The molecule has 5 nitrogen and oxygen atoms in total. The molecule has 1 aliphatic heterocycles. The average molecular weight is 277 g/mol. The van der Waals surface area contributed by atoms with Crippen LogP contribution in [0.25, 0.3) is 5.76 Å². The van der Waals surface area contributed by atoms with Crippen molar-refractivity contribution in [3.05, 3.63) is 35.4 Å². The van der Waals surface area contributed by atoms with Crippen molar-refractivity contribution in [1.29, 1.82) is 0 Å².